The monoisotopic (exact) mass is 246 g/mol. The van der Waals surface area contributed by atoms with Crippen molar-refractivity contribution in [1.29, 1.82) is 0 Å². The summed E-state index contributed by atoms with van der Waals surface area (Å²) in [6.07, 6.45) is 1.07. The van der Waals surface area contributed by atoms with Crippen molar-refractivity contribution in [3.05, 3.63) is 35.9 Å². The Bertz CT molecular complexity index is 427. The van der Waals surface area contributed by atoms with Crippen LogP contribution in [-0.4, -0.2) is 23.4 Å². The summed E-state index contributed by atoms with van der Waals surface area (Å²) < 4.78 is 0. The molecule has 1 saturated heterocycles. The van der Waals surface area contributed by atoms with Crippen molar-refractivity contribution in [2.24, 2.45) is 11.7 Å². The van der Waals surface area contributed by atoms with Crippen LogP contribution in [0.15, 0.2) is 30.3 Å². The molecule has 18 heavy (non-hydrogen) atoms. The lowest BCUT2D eigenvalue weighted by Crippen LogP contribution is -2.52. The molecule has 98 valence electrons. The molecule has 0 bridgehead atoms. The predicted octanol–water partition coefficient (Wildman–Crippen LogP) is 2.12. The minimum absolute atomic E-state index is 0.0329. The fraction of sp³-hybridized carbons (Fsp3) is 0.533. The molecule has 1 heterocycles. The normalized spacial score (nSPS) is 27.0. The van der Waals surface area contributed by atoms with Crippen molar-refractivity contribution in [1.82, 2.24) is 4.90 Å². The van der Waals surface area contributed by atoms with E-state index < -0.39 is 5.54 Å². The van der Waals surface area contributed by atoms with E-state index >= 15 is 0 Å². The van der Waals surface area contributed by atoms with Gasteiger partial charge in [-0.15, -0.1) is 0 Å². The highest BCUT2D eigenvalue weighted by Gasteiger charge is 2.39. The van der Waals surface area contributed by atoms with E-state index in [1.54, 1.807) is 6.92 Å². The number of nitrogens with zero attached hydrogens (tertiary/aromatic N) is 1. The topological polar surface area (TPSA) is 46.3 Å². The molecule has 0 saturated carbocycles. The summed E-state index contributed by atoms with van der Waals surface area (Å²) in [6, 6.07) is 9.90. The first-order valence-electron chi connectivity index (χ1n) is 6.58. The molecule has 1 fully saturated rings. The van der Waals surface area contributed by atoms with Gasteiger partial charge in [0, 0.05) is 12.6 Å². The van der Waals surface area contributed by atoms with Crippen LogP contribution in [0.3, 0.4) is 0 Å². The summed E-state index contributed by atoms with van der Waals surface area (Å²) in [7, 11) is 0. The standard InChI is InChI=1S/C15H22N2O/c1-11-9-12(2)17(10-11)14(18)15(3,16)13-7-5-4-6-8-13/h4-8,11-12H,9-10,16H2,1-3H3. The Morgan fingerprint density at radius 1 is 1.33 bits per heavy atom. The molecule has 3 nitrogen and oxygen atoms in total. The second-order valence-corrected chi connectivity index (χ2v) is 5.72. The van der Waals surface area contributed by atoms with Gasteiger partial charge in [0.1, 0.15) is 5.54 Å². The molecular weight excluding hydrogens is 224 g/mol. The number of nitrogens with two attached hydrogens (primary N) is 1. The van der Waals surface area contributed by atoms with E-state index in [0.29, 0.717) is 12.0 Å². The van der Waals surface area contributed by atoms with E-state index in [0.717, 1.165) is 18.5 Å². The summed E-state index contributed by atoms with van der Waals surface area (Å²) in [6.45, 7) is 6.91. The van der Waals surface area contributed by atoms with Crippen LogP contribution in [0.25, 0.3) is 0 Å². The van der Waals surface area contributed by atoms with Gasteiger partial charge < -0.3 is 10.6 Å². The molecule has 0 spiro atoms. The molecule has 3 unspecified atom stereocenters. The molecule has 1 aromatic carbocycles. The second kappa shape index (κ2) is 4.73. The molecule has 0 aliphatic carbocycles. The van der Waals surface area contributed by atoms with Crippen molar-refractivity contribution in [2.45, 2.75) is 38.8 Å². The van der Waals surface area contributed by atoms with Gasteiger partial charge in [0.2, 0.25) is 5.91 Å². The Morgan fingerprint density at radius 3 is 2.44 bits per heavy atom. The highest BCUT2D eigenvalue weighted by Crippen LogP contribution is 2.28. The molecular formula is C15H22N2O. The van der Waals surface area contributed by atoms with Crippen molar-refractivity contribution in [3.8, 4) is 0 Å². The maximum absolute atomic E-state index is 12.6. The van der Waals surface area contributed by atoms with Gasteiger partial charge in [-0.05, 0) is 31.7 Å². The second-order valence-electron chi connectivity index (χ2n) is 5.72. The summed E-state index contributed by atoms with van der Waals surface area (Å²) in [5, 5.41) is 0. The number of carbonyl (C=O) groups is 1. The molecule has 0 radical (unpaired) electrons. The molecule has 3 heteroatoms. The summed E-state index contributed by atoms with van der Waals surface area (Å²) in [5.41, 5.74) is 6.22. The minimum Gasteiger partial charge on any atom is -0.338 e. The lowest BCUT2D eigenvalue weighted by atomic mass is 9.91. The summed E-state index contributed by atoms with van der Waals surface area (Å²) in [5.74, 6) is 0.598. The summed E-state index contributed by atoms with van der Waals surface area (Å²) >= 11 is 0. The van der Waals surface area contributed by atoms with Crippen LogP contribution >= 0.6 is 0 Å². The van der Waals surface area contributed by atoms with Gasteiger partial charge in [0.15, 0.2) is 0 Å². The van der Waals surface area contributed by atoms with Gasteiger partial charge in [0.05, 0.1) is 0 Å². The quantitative estimate of drug-likeness (QED) is 0.868. The van der Waals surface area contributed by atoms with Crippen LogP contribution in [0, 0.1) is 5.92 Å². The van der Waals surface area contributed by atoms with Gasteiger partial charge in [-0.1, -0.05) is 37.3 Å². The van der Waals surface area contributed by atoms with Crippen LogP contribution in [-0.2, 0) is 10.3 Å². The predicted molar refractivity (Wildman–Crippen MR) is 72.9 cm³/mol. The van der Waals surface area contributed by atoms with E-state index in [1.165, 1.54) is 0 Å². The number of hydrogen-bond donors (Lipinski definition) is 1. The van der Waals surface area contributed by atoms with Gasteiger partial charge >= 0.3 is 0 Å². The van der Waals surface area contributed by atoms with Crippen LogP contribution in [0.1, 0.15) is 32.8 Å². The van der Waals surface area contributed by atoms with Crippen molar-refractivity contribution in [3.63, 3.8) is 0 Å². The van der Waals surface area contributed by atoms with Crippen molar-refractivity contribution < 1.29 is 4.79 Å². The highest BCUT2D eigenvalue weighted by atomic mass is 16.2. The van der Waals surface area contributed by atoms with Crippen LogP contribution in [0.5, 0.6) is 0 Å². The molecule has 2 rings (SSSR count). The van der Waals surface area contributed by atoms with Gasteiger partial charge in [0.25, 0.3) is 0 Å². The van der Waals surface area contributed by atoms with Crippen LogP contribution in [0.2, 0.25) is 0 Å². The molecule has 1 aliphatic rings. The Balaban J connectivity index is 2.23. The third kappa shape index (κ3) is 2.27. The molecule has 1 aliphatic heterocycles. The smallest absolute Gasteiger partial charge is 0.247 e. The molecule has 0 aromatic heterocycles. The van der Waals surface area contributed by atoms with E-state index in [-0.39, 0.29) is 5.91 Å². The number of rotatable bonds is 2. The van der Waals surface area contributed by atoms with Crippen molar-refractivity contribution >= 4 is 5.91 Å². The minimum atomic E-state index is -0.931. The fourth-order valence-electron chi connectivity index (χ4n) is 2.79. The molecule has 3 atom stereocenters. The maximum atomic E-state index is 12.6. The first-order valence-corrected chi connectivity index (χ1v) is 6.58. The van der Waals surface area contributed by atoms with Gasteiger partial charge in [-0.3, -0.25) is 4.79 Å². The average Bonchev–Trinajstić information content (AvgIpc) is 2.68. The van der Waals surface area contributed by atoms with E-state index in [1.807, 2.05) is 35.2 Å². The van der Waals surface area contributed by atoms with Crippen LogP contribution in [0.4, 0.5) is 0 Å². The first kappa shape index (κ1) is 13.1. The van der Waals surface area contributed by atoms with E-state index in [2.05, 4.69) is 13.8 Å². The van der Waals surface area contributed by atoms with Crippen LogP contribution < -0.4 is 5.73 Å². The Hall–Kier alpha value is -1.35. The largest absolute Gasteiger partial charge is 0.338 e. The van der Waals surface area contributed by atoms with Crippen molar-refractivity contribution in [2.75, 3.05) is 6.54 Å². The average molecular weight is 246 g/mol. The number of amides is 1. The lowest BCUT2D eigenvalue weighted by Gasteiger charge is -2.32. The maximum Gasteiger partial charge on any atom is 0.247 e. The summed E-state index contributed by atoms with van der Waals surface area (Å²) in [4.78, 5) is 14.6. The molecule has 1 aromatic rings. The van der Waals surface area contributed by atoms with E-state index in [4.69, 9.17) is 5.73 Å². The fourth-order valence-corrected chi connectivity index (χ4v) is 2.79. The Morgan fingerprint density at radius 2 is 1.94 bits per heavy atom. The zero-order chi connectivity index (χ0) is 13.3. The molecule has 2 N–H and O–H groups in total. The first-order chi connectivity index (χ1) is 8.43. The number of carbonyl (C=O) groups excluding carboxylic acids is 1. The third-order valence-corrected chi connectivity index (χ3v) is 3.86. The van der Waals surface area contributed by atoms with Gasteiger partial charge in [-0.2, -0.15) is 0 Å². The Labute approximate surface area is 109 Å². The zero-order valence-corrected chi connectivity index (χ0v) is 11.4. The number of likely N-dealkylation sites (tertiary alicyclic amines) is 1. The highest BCUT2D eigenvalue weighted by molar-refractivity contribution is 5.87. The number of hydrogen-bond acceptors (Lipinski definition) is 2. The molecule has 1 amide bonds. The van der Waals surface area contributed by atoms with Gasteiger partial charge in [-0.25, -0.2) is 0 Å². The number of benzene rings is 1. The lowest BCUT2D eigenvalue weighted by molar-refractivity contribution is -0.137. The zero-order valence-electron chi connectivity index (χ0n) is 11.4. The Kier molecular flexibility index (Phi) is 3.44. The SMILES string of the molecule is CC1CC(C)N(C(=O)C(C)(N)c2ccccc2)C1. The third-order valence-electron chi connectivity index (χ3n) is 3.86. The van der Waals surface area contributed by atoms with E-state index in [9.17, 15) is 4.79 Å².